The third kappa shape index (κ3) is 2.59. The number of carbonyl (C=O) groups excluding carboxylic acids is 2. The molecule has 13 heavy (non-hydrogen) atoms. The van der Waals surface area contributed by atoms with Gasteiger partial charge in [-0.2, -0.15) is 0 Å². The quantitative estimate of drug-likeness (QED) is 0.511. The first-order valence-electron chi connectivity index (χ1n) is 3.61. The van der Waals surface area contributed by atoms with Crippen LogP contribution in [0.2, 0.25) is 0 Å². The fourth-order valence-corrected chi connectivity index (χ4v) is 0.880. The Bertz CT molecular complexity index is 326. The smallest absolute Gasteiger partial charge is 0.168 e. The van der Waals surface area contributed by atoms with Gasteiger partial charge in [0.15, 0.2) is 5.78 Å². The summed E-state index contributed by atoms with van der Waals surface area (Å²) in [4.78, 5) is 21.1. The Hall–Kier alpha value is -1.84. The van der Waals surface area contributed by atoms with Crippen molar-refractivity contribution in [2.24, 2.45) is 0 Å². The molecular weight excluding hydrogens is 172 g/mol. The second-order valence-corrected chi connectivity index (χ2v) is 2.52. The monoisotopic (exact) mass is 179 g/mol. The molecule has 0 amide bonds. The lowest BCUT2D eigenvalue weighted by molar-refractivity contribution is -0.304. The van der Waals surface area contributed by atoms with E-state index in [1.165, 1.54) is 24.3 Å². The van der Waals surface area contributed by atoms with Crippen molar-refractivity contribution in [2.45, 2.75) is 6.42 Å². The number of benzene rings is 1. The van der Waals surface area contributed by atoms with Gasteiger partial charge in [-0.25, -0.2) is 0 Å². The SMILES string of the molecule is O=C([O-])CC(=O)c1ccc(O)cc1. The number of hydrogen-bond donors (Lipinski definition) is 1. The molecule has 0 bridgehead atoms. The van der Waals surface area contributed by atoms with Gasteiger partial charge in [0, 0.05) is 11.5 Å². The van der Waals surface area contributed by atoms with Gasteiger partial charge < -0.3 is 15.0 Å². The summed E-state index contributed by atoms with van der Waals surface area (Å²) in [6.45, 7) is 0. The molecule has 0 spiro atoms. The maximum absolute atomic E-state index is 11.1. The summed E-state index contributed by atoms with van der Waals surface area (Å²) >= 11 is 0. The van der Waals surface area contributed by atoms with Gasteiger partial charge in [-0.05, 0) is 24.3 Å². The molecule has 1 rings (SSSR count). The number of aromatic hydroxyl groups is 1. The second-order valence-electron chi connectivity index (χ2n) is 2.52. The van der Waals surface area contributed by atoms with Crippen LogP contribution in [-0.4, -0.2) is 16.9 Å². The van der Waals surface area contributed by atoms with Crippen LogP contribution < -0.4 is 5.11 Å². The second kappa shape index (κ2) is 3.71. The van der Waals surface area contributed by atoms with Crippen molar-refractivity contribution < 1.29 is 19.8 Å². The highest BCUT2D eigenvalue weighted by Crippen LogP contribution is 2.10. The minimum absolute atomic E-state index is 0.0324. The number of carboxylic acid groups (broad SMARTS) is 1. The van der Waals surface area contributed by atoms with Crippen LogP contribution >= 0.6 is 0 Å². The van der Waals surface area contributed by atoms with Crippen LogP contribution in [0.1, 0.15) is 16.8 Å². The van der Waals surface area contributed by atoms with Gasteiger partial charge in [0.1, 0.15) is 5.75 Å². The first kappa shape index (κ1) is 9.25. The average Bonchev–Trinajstić information content (AvgIpc) is 2.04. The number of ketones is 1. The molecule has 4 nitrogen and oxygen atoms in total. The van der Waals surface area contributed by atoms with E-state index in [1.54, 1.807) is 0 Å². The van der Waals surface area contributed by atoms with E-state index >= 15 is 0 Å². The molecular formula is C9H7O4-. The summed E-state index contributed by atoms with van der Waals surface area (Å²) < 4.78 is 0. The number of phenolic OH excluding ortho intramolecular Hbond substituents is 1. The van der Waals surface area contributed by atoms with Crippen LogP contribution in [0.25, 0.3) is 0 Å². The minimum atomic E-state index is -1.40. The van der Waals surface area contributed by atoms with Gasteiger partial charge in [-0.3, -0.25) is 4.79 Å². The van der Waals surface area contributed by atoms with Gasteiger partial charge in [0.05, 0.1) is 6.42 Å². The highest BCUT2D eigenvalue weighted by molar-refractivity contribution is 6.05. The molecule has 0 unspecified atom stereocenters. The van der Waals surface area contributed by atoms with E-state index in [0.29, 0.717) is 0 Å². The lowest BCUT2D eigenvalue weighted by atomic mass is 10.1. The number of hydrogen-bond acceptors (Lipinski definition) is 4. The number of aliphatic carboxylic acids is 1. The van der Waals surface area contributed by atoms with Gasteiger partial charge in [-0.15, -0.1) is 0 Å². The molecule has 0 fully saturated rings. The molecule has 0 aliphatic rings. The maximum Gasteiger partial charge on any atom is 0.168 e. The van der Waals surface area contributed by atoms with Crippen LogP contribution in [-0.2, 0) is 4.79 Å². The van der Waals surface area contributed by atoms with E-state index in [2.05, 4.69) is 0 Å². The van der Waals surface area contributed by atoms with Crippen molar-refractivity contribution in [3.05, 3.63) is 29.8 Å². The predicted octanol–water partition coefficient (Wildman–Crippen LogP) is -0.285. The van der Waals surface area contributed by atoms with E-state index in [9.17, 15) is 14.7 Å². The average molecular weight is 179 g/mol. The van der Waals surface area contributed by atoms with E-state index in [1.807, 2.05) is 0 Å². The fourth-order valence-electron chi connectivity index (χ4n) is 0.880. The topological polar surface area (TPSA) is 77.4 Å². The Morgan fingerprint density at radius 3 is 2.23 bits per heavy atom. The van der Waals surface area contributed by atoms with Crippen molar-refractivity contribution in [2.75, 3.05) is 0 Å². The molecule has 0 aliphatic carbocycles. The molecule has 0 atom stereocenters. The molecule has 1 N–H and O–H groups in total. The lowest BCUT2D eigenvalue weighted by Gasteiger charge is -2.01. The number of carbonyl (C=O) groups is 2. The molecule has 0 radical (unpaired) electrons. The Morgan fingerprint density at radius 2 is 1.77 bits per heavy atom. The van der Waals surface area contributed by atoms with Crippen molar-refractivity contribution in [1.29, 1.82) is 0 Å². The summed E-state index contributed by atoms with van der Waals surface area (Å²) in [5.41, 5.74) is 0.252. The van der Waals surface area contributed by atoms with Gasteiger partial charge >= 0.3 is 0 Å². The maximum atomic E-state index is 11.1. The van der Waals surface area contributed by atoms with Gasteiger partial charge in [-0.1, -0.05) is 0 Å². The molecule has 68 valence electrons. The van der Waals surface area contributed by atoms with E-state index in [4.69, 9.17) is 5.11 Å². The summed E-state index contributed by atoms with van der Waals surface area (Å²) in [5, 5.41) is 18.9. The van der Waals surface area contributed by atoms with Crippen LogP contribution in [0.15, 0.2) is 24.3 Å². The van der Waals surface area contributed by atoms with Gasteiger partial charge in [0.25, 0.3) is 0 Å². The van der Waals surface area contributed by atoms with E-state index in [0.717, 1.165) is 0 Å². The number of phenols is 1. The lowest BCUT2D eigenvalue weighted by Crippen LogP contribution is -2.25. The predicted molar refractivity (Wildman–Crippen MR) is 42.1 cm³/mol. The van der Waals surface area contributed by atoms with Crippen LogP contribution in [0, 0.1) is 0 Å². The molecule has 1 aromatic rings. The highest BCUT2D eigenvalue weighted by atomic mass is 16.4. The van der Waals surface area contributed by atoms with Crippen molar-refractivity contribution in [3.8, 4) is 5.75 Å². The number of Topliss-reactive ketones (excluding diaryl/α,β-unsaturated/α-hetero) is 1. The summed E-state index contributed by atoms with van der Waals surface area (Å²) in [5.74, 6) is -1.90. The molecule has 4 heteroatoms. The first-order chi connectivity index (χ1) is 6.09. The molecule has 0 heterocycles. The third-order valence-corrected chi connectivity index (χ3v) is 1.49. The standard InChI is InChI=1S/C9H8O4/c10-7-3-1-6(2-4-7)8(11)5-9(12)13/h1-4,10H,5H2,(H,12,13)/p-1. The van der Waals surface area contributed by atoms with Crippen LogP contribution in [0.5, 0.6) is 5.75 Å². The zero-order valence-electron chi connectivity index (χ0n) is 6.69. The molecule has 0 aromatic heterocycles. The van der Waals surface area contributed by atoms with Crippen molar-refractivity contribution in [3.63, 3.8) is 0 Å². The summed E-state index contributed by atoms with van der Waals surface area (Å²) in [7, 11) is 0. The van der Waals surface area contributed by atoms with E-state index < -0.39 is 18.2 Å². The van der Waals surface area contributed by atoms with Gasteiger partial charge in [0.2, 0.25) is 0 Å². The molecule has 0 saturated carbocycles. The summed E-state index contributed by atoms with van der Waals surface area (Å²) in [6.07, 6.45) is -0.634. The van der Waals surface area contributed by atoms with Crippen LogP contribution in [0.3, 0.4) is 0 Å². The fraction of sp³-hybridized carbons (Fsp3) is 0.111. The normalized spacial score (nSPS) is 9.54. The van der Waals surface area contributed by atoms with E-state index in [-0.39, 0.29) is 11.3 Å². The Morgan fingerprint density at radius 1 is 1.23 bits per heavy atom. The first-order valence-corrected chi connectivity index (χ1v) is 3.61. The van der Waals surface area contributed by atoms with Crippen LogP contribution in [0.4, 0.5) is 0 Å². The molecule has 1 aromatic carbocycles. The summed E-state index contributed by atoms with van der Waals surface area (Å²) in [6, 6.07) is 5.37. The largest absolute Gasteiger partial charge is 0.550 e. The Labute approximate surface area is 74.4 Å². The minimum Gasteiger partial charge on any atom is -0.550 e. The number of carboxylic acids is 1. The molecule has 0 saturated heterocycles. The Kier molecular flexibility index (Phi) is 2.64. The number of rotatable bonds is 3. The van der Waals surface area contributed by atoms with Crippen molar-refractivity contribution >= 4 is 11.8 Å². The zero-order valence-corrected chi connectivity index (χ0v) is 6.69. The Balaban J connectivity index is 2.78. The molecule has 0 aliphatic heterocycles. The highest BCUT2D eigenvalue weighted by Gasteiger charge is 2.04. The zero-order chi connectivity index (χ0) is 9.84. The third-order valence-electron chi connectivity index (χ3n) is 1.49. The van der Waals surface area contributed by atoms with Crippen molar-refractivity contribution in [1.82, 2.24) is 0 Å².